The standard InChI is InChI=1S/C13H13ClN2O/c14-11-7-6-10(8-13(11,16)12(15)17)9-4-2-1-3-5-9/h1-8,11H,16H2,(H2,15,17). The molecule has 2 unspecified atom stereocenters. The lowest BCUT2D eigenvalue weighted by atomic mass is 9.85. The van der Waals surface area contributed by atoms with Crippen molar-refractivity contribution in [1.82, 2.24) is 0 Å². The molecule has 1 aliphatic carbocycles. The number of rotatable bonds is 2. The quantitative estimate of drug-likeness (QED) is 0.778. The molecule has 0 bridgehead atoms. The van der Waals surface area contributed by atoms with Gasteiger partial charge in [-0.25, -0.2) is 0 Å². The van der Waals surface area contributed by atoms with Crippen LogP contribution >= 0.6 is 11.6 Å². The van der Waals surface area contributed by atoms with Gasteiger partial charge in [0.15, 0.2) is 0 Å². The van der Waals surface area contributed by atoms with Crippen LogP contribution in [0.1, 0.15) is 5.56 Å². The summed E-state index contributed by atoms with van der Waals surface area (Å²) in [5.74, 6) is -0.629. The van der Waals surface area contributed by atoms with Crippen molar-refractivity contribution in [1.29, 1.82) is 0 Å². The Balaban J connectivity index is 2.44. The molecule has 88 valence electrons. The highest BCUT2D eigenvalue weighted by molar-refractivity contribution is 6.25. The van der Waals surface area contributed by atoms with Crippen LogP contribution in [0.15, 0.2) is 48.6 Å². The van der Waals surface area contributed by atoms with Gasteiger partial charge < -0.3 is 11.5 Å². The molecule has 17 heavy (non-hydrogen) atoms. The van der Waals surface area contributed by atoms with Gasteiger partial charge in [0.1, 0.15) is 5.54 Å². The zero-order valence-electron chi connectivity index (χ0n) is 9.14. The summed E-state index contributed by atoms with van der Waals surface area (Å²) in [7, 11) is 0. The molecule has 1 aliphatic rings. The molecule has 3 nitrogen and oxygen atoms in total. The first-order valence-corrected chi connectivity index (χ1v) is 5.67. The molecule has 0 aromatic heterocycles. The molecule has 0 aliphatic heterocycles. The molecule has 4 heteroatoms. The van der Waals surface area contributed by atoms with Gasteiger partial charge in [-0.05, 0) is 17.2 Å². The Morgan fingerprint density at radius 1 is 1.29 bits per heavy atom. The Bertz CT molecular complexity index is 495. The van der Waals surface area contributed by atoms with Gasteiger partial charge in [0.05, 0.1) is 5.38 Å². The minimum Gasteiger partial charge on any atom is -0.368 e. The van der Waals surface area contributed by atoms with Crippen molar-refractivity contribution < 1.29 is 4.79 Å². The normalized spacial score (nSPS) is 27.6. The second-order valence-electron chi connectivity index (χ2n) is 4.02. The maximum absolute atomic E-state index is 11.4. The predicted molar refractivity (Wildman–Crippen MR) is 69.3 cm³/mol. The molecule has 1 amide bonds. The second kappa shape index (κ2) is 4.35. The molecule has 1 aromatic rings. The third-order valence-electron chi connectivity index (χ3n) is 2.83. The van der Waals surface area contributed by atoms with Gasteiger partial charge >= 0.3 is 0 Å². The monoisotopic (exact) mass is 248 g/mol. The van der Waals surface area contributed by atoms with Crippen LogP contribution in [0.4, 0.5) is 0 Å². The van der Waals surface area contributed by atoms with E-state index in [1.807, 2.05) is 36.4 Å². The lowest BCUT2D eigenvalue weighted by molar-refractivity contribution is -0.121. The molecular weight excluding hydrogens is 236 g/mol. The van der Waals surface area contributed by atoms with Crippen molar-refractivity contribution in [3.8, 4) is 0 Å². The number of primary amides is 1. The number of alkyl halides is 1. The van der Waals surface area contributed by atoms with Crippen LogP contribution in [0, 0.1) is 0 Å². The molecule has 0 saturated heterocycles. The third-order valence-corrected chi connectivity index (χ3v) is 3.34. The van der Waals surface area contributed by atoms with Gasteiger partial charge in [-0.1, -0.05) is 42.5 Å². The predicted octanol–water partition coefficient (Wildman–Crippen LogP) is 1.43. The van der Waals surface area contributed by atoms with Gasteiger partial charge in [0.25, 0.3) is 0 Å². The van der Waals surface area contributed by atoms with Gasteiger partial charge in [0, 0.05) is 0 Å². The summed E-state index contributed by atoms with van der Waals surface area (Å²) in [6.07, 6.45) is 5.16. The lowest BCUT2D eigenvalue weighted by Gasteiger charge is -2.29. The smallest absolute Gasteiger partial charge is 0.243 e. The third kappa shape index (κ3) is 2.12. The van der Waals surface area contributed by atoms with Gasteiger partial charge in [-0.2, -0.15) is 0 Å². The summed E-state index contributed by atoms with van der Waals surface area (Å²) in [5, 5.41) is -0.618. The Labute approximate surface area is 105 Å². The molecule has 4 N–H and O–H groups in total. The fourth-order valence-corrected chi connectivity index (χ4v) is 1.99. The van der Waals surface area contributed by atoms with Crippen LogP contribution in [0.25, 0.3) is 5.57 Å². The van der Waals surface area contributed by atoms with Crippen LogP contribution < -0.4 is 11.5 Å². The van der Waals surface area contributed by atoms with E-state index in [4.69, 9.17) is 23.1 Å². The molecule has 0 heterocycles. The summed E-state index contributed by atoms with van der Waals surface area (Å²) in [5.41, 5.74) is 11.7. The second-order valence-corrected chi connectivity index (χ2v) is 4.49. The number of nitrogens with two attached hydrogens (primary N) is 2. The molecular formula is C13H13ClN2O. The molecule has 1 aromatic carbocycles. The first kappa shape index (κ1) is 11.9. The molecule has 2 atom stereocenters. The Kier molecular flexibility index (Phi) is 3.05. The number of hydrogen-bond acceptors (Lipinski definition) is 2. The molecule has 0 radical (unpaired) electrons. The van der Waals surface area contributed by atoms with Gasteiger partial charge in [-0.3, -0.25) is 4.79 Å². The van der Waals surface area contributed by atoms with E-state index in [0.717, 1.165) is 11.1 Å². The van der Waals surface area contributed by atoms with E-state index >= 15 is 0 Å². The zero-order valence-corrected chi connectivity index (χ0v) is 9.89. The maximum atomic E-state index is 11.4. The van der Waals surface area contributed by atoms with E-state index in [2.05, 4.69) is 0 Å². The Morgan fingerprint density at radius 3 is 2.53 bits per heavy atom. The minimum atomic E-state index is -1.33. The largest absolute Gasteiger partial charge is 0.368 e. The summed E-state index contributed by atoms with van der Waals surface area (Å²) in [4.78, 5) is 11.4. The summed E-state index contributed by atoms with van der Waals surface area (Å²) in [6.45, 7) is 0. The van der Waals surface area contributed by atoms with Crippen LogP contribution in [-0.2, 0) is 4.79 Å². The maximum Gasteiger partial charge on any atom is 0.243 e. The van der Waals surface area contributed by atoms with Crippen molar-refractivity contribution in [2.24, 2.45) is 11.5 Å². The number of carbonyl (C=O) groups excluding carboxylic acids is 1. The SMILES string of the molecule is NC(=O)C1(N)C=C(c2ccccc2)C=CC1Cl. The van der Waals surface area contributed by atoms with Gasteiger partial charge in [0.2, 0.25) is 5.91 Å². The first-order valence-electron chi connectivity index (χ1n) is 5.23. The van der Waals surface area contributed by atoms with Crippen molar-refractivity contribution in [2.45, 2.75) is 10.9 Å². The Hall–Kier alpha value is -1.58. The summed E-state index contributed by atoms with van der Waals surface area (Å²) in [6, 6.07) is 9.63. The average Bonchev–Trinajstić information content (AvgIpc) is 2.33. The number of benzene rings is 1. The van der Waals surface area contributed by atoms with Crippen LogP contribution in [0.2, 0.25) is 0 Å². The highest BCUT2D eigenvalue weighted by atomic mass is 35.5. The van der Waals surface area contributed by atoms with Crippen molar-refractivity contribution in [3.63, 3.8) is 0 Å². The first-order chi connectivity index (χ1) is 8.04. The number of halogens is 1. The molecule has 0 fully saturated rings. The van der Waals surface area contributed by atoms with Crippen LogP contribution in [0.3, 0.4) is 0 Å². The van der Waals surface area contributed by atoms with E-state index in [1.165, 1.54) is 0 Å². The topological polar surface area (TPSA) is 69.1 Å². The van der Waals surface area contributed by atoms with Crippen LogP contribution in [0.5, 0.6) is 0 Å². The Morgan fingerprint density at radius 2 is 1.94 bits per heavy atom. The van der Waals surface area contributed by atoms with Crippen molar-refractivity contribution >= 4 is 23.1 Å². The fraction of sp³-hybridized carbons (Fsp3) is 0.154. The number of allylic oxidation sites excluding steroid dienone is 2. The minimum absolute atomic E-state index is 0.618. The molecule has 0 saturated carbocycles. The average molecular weight is 249 g/mol. The number of carbonyl (C=O) groups is 1. The lowest BCUT2D eigenvalue weighted by Crippen LogP contribution is -2.57. The zero-order chi connectivity index (χ0) is 12.5. The van der Waals surface area contributed by atoms with E-state index in [0.29, 0.717) is 0 Å². The van der Waals surface area contributed by atoms with Crippen LogP contribution in [-0.4, -0.2) is 16.8 Å². The number of hydrogen-bond donors (Lipinski definition) is 2. The number of amides is 1. The summed E-state index contributed by atoms with van der Waals surface area (Å²) < 4.78 is 0. The van der Waals surface area contributed by atoms with E-state index in [1.54, 1.807) is 12.2 Å². The molecule has 0 spiro atoms. The van der Waals surface area contributed by atoms with E-state index in [9.17, 15) is 4.79 Å². The van der Waals surface area contributed by atoms with Crippen molar-refractivity contribution in [3.05, 3.63) is 54.1 Å². The fourth-order valence-electron chi connectivity index (χ4n) is 1.75. The highest BCUT2D eigenvalue weighted by Gasteiger charge is 2.38. The van der Waals surface area contributed by atoms with E-state index < -0.39 is 16.8 Å². The highest BCUT2D eigenvalue weighted by Crippen LogP contribution is 2.29. The van der Waals surface area contributed by atoms with Crippen molar-refractivity contribution in [2.75, 3.05) is 0 Å². The summed E-state index contributed by atoms with van der Waals surface area (Å²) >= 11 is 6.01. The van der Waals surface area contributed by atoms with Gasteiger partial charge in [-0.15, -0.1) is 11.6 Å². The van der Waals surface area contributed by atoms with E-state index in [-0.39, 0.29) is 0 Å². The molecule has 2 rings (SSSR count).